The molecule has 0 fully saturated rings. The number of nitrogens with one attached hydrogen (secondary N) is 2. The Bertz CT molecular complexity index is 842. The summed E-state index contributed by atoms with van der Waals surface area (Å²) in [6.45, 7) is 4.46. The highest BCUT2D eigenvalue weighted by Crippen LogP contribution is 2.38. The molecule has 0 saturated heterocycles. The first kappa shape index (κ1) is 19.6. The van der Waals surface area contributed by atoms with Crippen molar-refractivity contribution in [3.63, 3.8) is 0 Å². The average Bonchev–Trinajstić information content (AvgIpc) is 2.63. The standard InChI is InChI=1S/C20H21ClN2O3S/c1-3-26-15-7-4-13(5-8-15)12(2)22-19(24)11-18-20(25)23-16-10-14(21)6-9-17(16)27-18/h4-10,12,18H,3,11H2,1-2H3,(H,22,24)(H,23,25). The topological polar surface area (TPSA) is 67.4 Å². The second-order valence-corrected chi connectivity index (χ2v) is 7.91. The van der Waals surface area contributed by atoms with Gasteiger partial charge >= 0.3 is 0 Å². The van der Waals surface area contributed by atoms with Gasteiger partial charge in [-0.1, -0.05) is 23.7 Å². The molecule has 2 atom stereocenters. The maximum atomic E-state index is 12.4. The molecule has 142 valence electrons. The zero-order chi connectivity index (χ0) is 19.4. The number of halogens is 1. The summed E-state index contributed by atoms with van der Waals surface area (Å²) in [6, 6.07) is 12.8. The lowest BCUT2D eigenvalue weighted by Gasteiger charge is -2.24. The van der Waals surface area contributed by atoms with Crippen molar-refractivity contribution in [2.45, 2.75) is 36.5 Å². The van der Waals surface area contributed by atoms with Gasteiger partial charge in [0.05, 0.1) is 23.6 Å². The fourth-order valence-electron chi connectivity index (χ4n) is 2.83. The van der Waals surface area contributed by atoms with Gasteiger partial charge in [0, 0.05) is 16.3 Å². The van der Waals surface area contributed by atoms with Crippen molar-refractivity contribution in [3.05, 3.63) is 53.1 Å². The molecule has 7 heteroatoms. The summed E-state index contributed by atoms with van der Waals surface area (Å²) in [5.74, 6) is 0.453. The number of carbonyl (C=O) groups excluding carboxylic acids is 2. The molecule has 2 amide bonds. The average molecular weight is 405 g/mol. The van der Waals surface area contributed by atoms with E-state index >= 15 is 0 Å². The molecule has 2 aromatic carbocycles. The molecule has 0 radical (unpaired) electrons. The normalized spacial score (nSPS) is 16.9. The summed E-state index contributed by atoms with van der Waals surface area (Å²) in [5.41, 5.74) is 1.67. The quantitative estimate of drug-likeness (QED) is 0.747. The third kappa shape index (κ3) is 4.96. The Kier molecular flexibility index (Phi) is 6.29. The lowest BCUT2D eigenvalue weighted by molar-refractivity contribution is -0.124. The van der Waals surface area contributed by atoms with Crippen LogP contribution in [0.1, 0.15) is 31.9 Å². The Hall–Kier alpha value is -2.18. The molecule has 1 aliphatic rings. The Labute approximate surface area is 167 Å². The van der Waals surface area contributed by atoms with E-state index in [4.69, 9.17) is 16.3 Å². The van der Waals surface area contributed by atoms with Gasteiger partial charge in [0.25, 0.3) is 0 Å². The molecule has 0 aromatic heterocycles. The van der Waals surface area contributed by atoms with Crippen LogP contribution in [0.2, 0.25) is 5.02 Å². The number of ether oxygens (including phenoxy) is 1. The van der Waals surface area contributed by atoms with Gasteiger partial charge in [-0.2, -0.15) is 0 Å². The molecule has 1 heterocycles. The molecule has 1 aliphatic heterocycles. The van der Waals surface area contributed by atoms with Crippen LogP contribution in [-0.2, 0) is 9.59 Å². The zero-order valence-corrected chi connectivity index (χ0v) is 16.7. The van der Waals surface area contributed by atoms with E-state index in [1.165, 1.54) is 11.8 Å². The van der Waals surface area contributed by atoms with Crippen molar-refractivity contribution in [2.24, 2.45) is 0 Å². The molecule has 2 aromatic rings. The Morgan fingerprint density at radius 3 is 2.74 bits per heavy atom. The van der Waals surface area contributed by atoms with Crippen molar-refractivity contribution in [3.8, 4) is 5.75 Å². The van der Waals surface area contributed by atoms with Gasteiger partial charge < -0.3 is 15.4 Å². The van der Waals surface area contributed by atoms with E-state index < -0.39 is 5.25 Å². The van der Waals surface area contributed by atoms with Crippen molar-refractivity contribution >= 4 is 40.9 Å². The monoisotopic (exact) mass is 404 g/mol. The molecular formula is C20H21ClN2O3S. The Balaban J connectivity index is 1.58. The number of benzene rings is 2. The fourth-order valence-corrected chi connectivity index (χ4v) is 4.09. The van der Waals surface area contributed by atoms with Crippen LogP contribution < -0.4 is 15.4 Å². The third-order valence-electron chi connectivity index (χ3n) is 4.20. The highest BCUT2D eigenvalue weighted by Gasteiger charge is 2.29. The minimum Gasteiger partial charge on any atom is -0.494 e. The van der Waals surface area contributed by atoms with Gasteiger partial charge in [-0.15, -0.1) is 11.8 Å². The second-order valence-electron chi connectivity index (χ2n) is 6.23. The number of hydrogen-bond donors (Lipinski definition) is 2. The van der Waals surface area contributed by atoms with Gasteiger partial charge in [-0.05, 0) is 49.7 Å². The van der Waals surface area contributed by atoms with Crippen molar-refractivity contribution in [1.29, 1.82) is 0 Å². The number of amides is 2. The predicted octanol–water partition coefficient (Wildman–Crippen LogP) is 4.42. The smallest absolute Gasteiger partial charge is 0.238 e. The number of thioether (sulfide) groups is 1. The maximum Gasteiger partial charge on any atom is 0.238 e. The van der Waals surface area contributed by atoms with E-state index in [0.717, 1.165) is 16.2 Å². The van der Waals surface area contributed by atoms with Crippen LogP contribution in [-0.4, -0.2) is 23.7 Å². The summed E-state index contributed by atoms with van der Waals surface area (Å²) < 4.78 is 5.43. The number of rotatable bonds is 6. The number of fused-ring (bicyclic) bond motifs is 1. The van der Waals surface area contributed by atoms with E-state index in [0.29, 0.717) is 17.3 Å². The molecule has 2 N–H and O–H groups in total. The van der Waals surface area contributed by atoms with Crippen LogP contribution in [0.5, 0.6) is 5.75 Å². The van der Waals surface area contributed by atoms with E-state index in [2.05, 4.69) is 10.6 Å². The van der Waals surface area contributed by atoms with Crippen LogP contribution >= 0.6 is 23.4 Å². The van der Waals surface area contributed by atoms with Gasteiger partial charge in [-0.25, -0.2) is 0 Å². The van der Waals surface area contributed by atoms with Crippen LogP contribution in [0.3, 0.4) is 0 Å². The van der Waals surface area contributed by atoms with Gasteiger partial charge in [-0.3, -0.25) is 9.59 Å². The van der Waals surface area contributed by atoms with Crippen molar-refractivity contribution < 1.29 is 14.3 Å². The van der Waals surface area contributed by atoms with Gasteiger partial charge in [0.1, 0.15) is 5.75 Å². The Morgan fingerprint density at radius 2 is 2.04 bits per heavy atom. The summed E-state index contributed by atoms with van der Waals surface area (Å²) in [7, 11) is 0. The predicted molar refractivity (Wildman–Crippen MR) is 109 cm³/mol. The minimum absolute atomic E-state index is 0.111. The second kappa shape index (κ2) is 8.67. The van der Waals surface area contributed by atoms with Crippen LogP contribution in [0.15, 0.2) is 47.4 Å². The summed E-state index contributed by atoms with van der Waals surface area (Å²) in [6.07, 6.45) is 0.111. The van der Waals surface area contributed by atoms with Crippen LogP contribution in [0.4, 0.5) is 5.69 Å². The van der Waals surface area contributed by atoms with E-state index in [1.54, 1.807) is 12.1 Å². The minimum atomic E-state index is -0.466. The SMILES string of the molecule is CCOc1ccc(C(C)NC(=O)CC2Sc3ccc(Cl)cc3NC2=O)cc1. The van der Waals surface area contributed by atoms with Gasteiger partial charge in [0.15, 0.2) is 0 Å². The molecule has 0 aliphatic carbocycles. The molecule has 0 spiro atoms. The number of anilines is 1. The van der Waals surface area contributed by atoms with Crippen LogP contribution in [0, 0.1) is 0 Å². The van der Waals surface area contributed by atoms with E-state index in [-0.39, 0.29) is 24.3 Å². The lowest BCUT2D eigenvalue weighted by atomic mass is 10.1. The maximum absolute atomic E-state index is 12.4. The van der Waals surface area contributed by atoms with Crippen LogP contribution in [0.25, 0.3) is 0 Å². The molecule has 3 rings (SSSR count). The molecular weight excluding hydrogens is 384 g/mol. The first-order valence-corrected chi connectivity index (χ1v) is 10.0. The third-order valence-corrected chi connectivity index (χ3v) is 5.71. The van der Waals surface area contributed by atoms with E-state index in [9.17, 15) is 9.59 Å². The van der Waals surface area contributed by atoms with E-state index in [1.807, 2.05) is 44.2 Å². The van der Waals surface area contributed by atoms with Crippen molar-refractivity contribution in [2.75, 3.05) is 11.9 Å². The molecule has 0 bridgehead atoms. The highest BCUT2D eigenvalue weighted by molar-refractivity contribution is 8.01. The van der Waals surface area contributed by atoms with Gasteiger partial charge in [0.2, 0.25) is 11.8 Å². The first-order chi connectivity index (χ1) is 13.0. The molecule has 5 nitrogen and oxygen atoms in total. The fraction of sp³-hybridized carbons (Fsp3) is 0.300. The first-order valence-electron chi connectivity index (χ1n) is 8.75. The molecule has 0 saturated carbocycles. The number of carbonyl (C=O) groups is 2. The molecule has 27 heavy (non-hydrogen) atoms. The highest BCUT2D eigenvalue weighted by atomic mass is 35.5. The zero-order valence-electron chi connectivity index (χ0n) is 15.1. The van der Waals surface area contributed by atoms with Crippen molar-refractivity contribution in [1.82, 2.24) is 5.32 Å². The summed E-state index contributed by atoms with van der Waals surface area (Å²) in [5, 5.41) is 5.87. The Morgan fingerprint density at radius 1 is 1.30 bits per heavy atom. The lowest BCUT2D eigenvalue weighted by Crippen LogP contribution is -2.35. The largest absolute Gasteiger partial charge is 0.494 e. The summed E-state index contributed by atoms with van der Waals surface area (Å²) in [4.78, 5) is 25.6. The number of hydrogen-bond acceptors (Lipinski definition) is 4. The summed E-state index contributed by atoms with van der Waals surface area (Å²) >= 11 is 7.34. The molecule has 2 unspecified atom stereocenters.